The summed E-state index contributed by atoms with van der Waals surface area (Å²) < 4.78 is 10.3. The lowest BCUT2D eigenvalue weighted by Crippen LogP contribution is -2.36. The Morgan fingerprint density at radius 2 is 1.86 bits per heavy atom. The van der Waals surface area contributed by atoms with E-state index in [1.807, 2.05) is 0 Å². The highest BCUT2D eigenvalue weighted by molar-refractivity contribution is 5.89. The van der Waals surface area contributed by atoms with Crippen LogP contribution in [0.25, 0.3) is 0 Å². The van der Waals surface area contributed by atoms with Crippen molar-refractivity contribution in [2.75, 3.05) is 19.8 Å². The predicted molar refractivity (Wildman–Crippen MR) is 77.8 cm³/mol. The first-order chi connectivity index (χ1) is 10.0. The summed E-state index contributed by atoms with van der Waals surface area (Å²) in [5.74, 6) is -0.894. The molecule has 0 aliphatic heterocycles. The molecule has 0 amide bonds. The van der Waals surface area contributed by atoms with Crippen LogP contribution in [0.2, 0.25) is 0 Å². The van der Waals surface area contributed by atoms with Crippen molar-refractivity contribution in [2.24, 2.45) is 5.41 Å². The van der Waals surface area contributed by atoms with Crippen LogP contribution in [0.1, 0.15) is 37.0 Å². The highest BCUT2D eigenvalue weighted by Gasteiger charge is 2.36. The lowest BCUT2D eigenvalue weighted by molar-refractivity contribution is -0.157. The number of rotatable bonds is 8. The van der Waals surface area contributed by atoms with Crippen LogP contribution in [0.5, 0.6) is 0 Å². The summed E-state index contributed by atoms with van der Waals surface area (Å²) in [6.07, 6.45) is 0.836. The summed E-state index contributed by atoms with van der Waals surface area (Å²) in [6.45, 7) is 3.57. The summed E-state index contributed by atoms with van der Waals surface area (Å²) in [7, 11) is 0. The summed E-state index contributed by atoms with van der Waals surface area (Å²) in [5.41, 5.74) is -0.505. The van der Waals surface area contributed by atoms with Gasteiger partial charge in [-0.15, -0.1) is 0 Å². The van der Waals surface area contributed by atoms with Gasteiger partial charge in [0, 0.05) is 6.61 Å². The third-order valence-corrected chi connectivity index (χ3v) is 3.19. The molecule has 1 atom stereocenters. The maximum atomic E-state index is 12.0. The fourth-order valence-electron chi connectivity index (χ4n) is 1.89. The van der Waals surface area contributed by atoms with Gasteiger partial charge in [0.2, 0.25) is 0 Å². The van der Waals surface area contributed by atoms with E-state index < -0.39 is 17.4 Å². The highest BCUT2D eigenvalue weighted by Crippen LogP contribution is 2.26. The first kappa shape index (κ1) is 17.2. The zero-order valence-corrected chi connectivity index (χ0v) is 12.5. The Morgan fingerprint density at radius 3 is 2.43 bits per heavy atom. The van der Waals surface area contributed by atoms with Gasteiger partial charge in [0.1, 0.15) is 6.61 Å². The van der Waals surface area contributed by atoms with Crippen LogP contribution in [-0.2, 0) is 14.3 Å². The number of benzene rings is 1. The lowest BCUT2D eigenvalue weighted by atomic mass is 9.86. The van der Waals surface area contributed by atoms with Gasteiger partial charge in [-0.3, -0.25) is 4.79 Å². The molecule has 1 aromatic carbocycles. The summed E-state index contributed by atoms with van der Waals surface area (Å²) in [6, 6.07) is 8.59. The van der Waals surface area contributed by atoms with E-state index in [0.29, 0.717) is 18.4 Å². The van der Waals surface area contributed by atoms with Crippen molar-refractivity contribution in [1.29, 1.82) is 0 Å². The molecular formula is C16H22O5. The molecular weight excluding hydrogens is 272 g/mol. The minimum absolute atomic E-state index is 0.0262. The number of aliphatic hydroxyl groups excluding tert-OH is 1. The van der Waals surface area contributed by atoms with Gasteiger partial charge in [0.25, 0.3) is 0 Å². The Labute approximate surface area is 124 Å². The number of hydrogen-bond donors (Lipinski definition) is 1. The number of hydrogen-bond acceptors (Lipinski definition) is 5. The van der Waals surface area contributed by atoms with E-state index in [1.165, 1.54) is 0 Å². The van der Waals surface area contributed by atoms with Crippen LogP contribution in [0.4, 0.5) is 0 Å². The molecule has 0 heterocycles. The van der Waals surface area contributed by atoms with E-state index in [2.05, 4.69) is 0 Å². The average Bonchev–Trinajstić information content (AvgIpc) is 2.51. The monoisotopic (exact) mass is 294 g/mol. The molecule has 0 bridgehead atoms. The molecule has 0 radical (unpaired) electrons. The van der Waals surface area contributed by atoms with Crippen LogP contribution in [-0.4, -0.2) is 36.9 Å². The molecule has 0 unspecified atom stereocenters. The number of carbonyl (C=O) groups excluding carboxylic acids is 2. The Hall–Kier alpha value is -1.88. The second-order valence-electron chi connectivity index (χ2n) is 5.05. The highest BCUT2D eigenvalue weighted by atomic mass is 16.6. The van der Waals surface area contributed by atoms with Crippen molar-refractivity contribution < 1.29 is 24.2 Å². The second-order valence-corrected chi connectivity index (χ2v) is 5.05. The van der Waals surface area contributed by atoms with E-state index in [1.54, 1.807) is 44.2 Å². The quantitative estimate of drug-likeness (QED) is 0.744. The van der Waals surface area contributed by atoms with Crippen molar-refractivity contribution in [3.63, 3.8) is 0 Å². The minimum atomic E-state index is -0.941. The van der Waals surface area contributed by atoms with Crippen molar-refractivity contribution in [3.8, 4) is 0 Å². The maximum absolute atomic E-state index is 12.0. The summed E-state index contributed by atoms with van der Waals surface area (Å²) >= 11 is 0. The first-order valence-electron chi connectivity index (χ1n) is 7.03. The SMILES string of the molecule is CCOC(=O)[C@](C)(CCCO)COC(=O)c1ccccc1. The standard InChI is InChI=1S/C16H22O5/c1-3-20-15(19)16(2,10-7-11-17)12-21-14(18)13-8-5-4-6-9-13/h4-6,8-9,17H,3,7,10-12H2,1-2H3/t16-/m1/s1. The number of ether oxygens (including phenoxy) is 2. The lowest BCUT2D eigenvalue weighted by Gasteiger charge is -2.26. The van der Waals surface area contributed by atoms with Crippen LogP contribution in [0.15, 0.2) is 30.3 Å². The predicted octanol–water partition coefficient (Wildman–Crippen LogP) is 2.19. The van der Waals surface area contributed by atoms with Crippen molar-refractivity contribution >= 4 is 11.9 Å². The van der Waals surface area contributed by atoms with Crippen LogP contribution < -0.4 is 0 Å². The van der Waals surface area contributed by atoms with Crippen molar-refractivity contribution in [1.82, 2.24) is 0 Å². The van der Waals surface area contributed by atoms with Gasteiger partial charge in [-0.25, -0.2) is 4.79 Å². The van der Waals surface area contributed by atoms with Crippen LogP contribution in [0, 0.1) is 5.41 Å². The second kappa shape index (κ2) is 8.42. The number of carbonyl (C=O) groups is 2. The molecule has 0 saturated carbocycles. The molecule has 21 heavy (non-hydrogen) atoms. The molecule has 5 nitrogen and oxygen atoms in total. The molecule has 1 rings (SSSR count). The zero-order chi connectivity index (χ0) is 15.7. The normalized spacial score (nSPS) is 13.3. The molecule has 1 aromatic rings. The molecule has 0 spiro atoms. The van der Waals surface area contributed by atoms with E-state index in [-0.39, 0.29) is 19.8 Å². The summed E-state index contributed by atoms with van der Waals surface area (Å²) in [4.78, 5) is 23.9. The molecule has 0 saturated heterocycles. The van der Waals surface area contributed by atoms with Crippen LogP contribution >= 0.6 is 0 Å². The molecule has 0 fully saturated rings. The zero-order valence-electron chi connectivity index (χ0n) is 12.5. The topological polar surface area (TPSA) is 72.8 Å². The van der Waals surface area contributed by atoms with E-state index in [4.69, 9.17) is 14.6 Å². The molecule has 1 N–H and O–H groups in total. The van der Waals surface area contributed by atoms with Crippen molar-refractivity contribution in [2.45, 2.75) is 26.7 Å². The fourth-order valence-corrected chi connectivity index (χ4v) is 1.89. The molecule has 116 valence electrons. The first-order valence-corrected chi connectivity index (χ1v) is 7.03. The number of esters is 2. The Bertz CT molecular complexity index is 457. The van der Waals surface area contributed by atoms with E-state index in [9.17, 15) is 9.59 Å². The molecule has 0 aromatic heterocycles. The Kier molecular flexibility index (Phi) is 6.88. The third kappa shape index (κ3) is 5.19. The van der Waals surface area contributed by atoms with E-state index >= 15 is 0 Å². The van der Waals surface area contributed by atoms with Gasteiger partial charge in [-0.1, -0.05) is 18.2 Å². The Morgan fingerprint density at radius 1 is 1.19 bits per heavy atom. The summed E-state index contributed by atoms with van der Waals surface area (Å²) in [5, 5.41) is 8.94. The van der Waals surface area contributed by atoms with Gasteiger partial charge in [-0.05, 0) is 38.8 Å². The fraction of sp³-hybridized carbons (Fsp3) is 0.500. The van der Waals surface area contributed by atoms with Crippen LogP contribution in [0.3, 0.4) is 0 Å². The minimum Gasteiger partial charge on any atom is -0.465 e. The Balaban J connectivity index is 2.68. The maximum Gasteiger partial charge on any atom is 0.338 e. The van der Waals surface area contributed by atoms with Crippen molar-refractivity contribution in [3.05, 3.63) is 35.9 Å². The smallest absolute Gasteiger partial charge is 0.338 e. The number of aliphatic hydroxyl groups is 1. The molecule has 0 aliphatic rings. The van der Waals surface area contributed by atoms with E-state index in [0.717, 1.165) is 0 Å². The van der Waals surface area contributed by atoms with Gasteiger partial charge in [-0.2, -0.15) is 0 Å². The molecule has 5 heteroatoms. The third-order valence-electron chi connectivity index (χ3n) is 3.19. The largest absolute Gasteiger partial charge is 0.465 e. The van der Waals surface area contributed by atoms with Gasteiger partial charge >= 0.3 is 11.9 Å². The molecule has 0 aliphatic carbocycles. The van der Waals surface area contributed by atoms with Gasteiger partial charge in [0.05, 0.1) is 17.6 Å². The van der Waals surface area contributed by atoms with Gasteiger partial charge in [0.15, 0.2) is 0 Å². The average molecular weight is 294 g/mol. The van der Waals surface area contributed by atoms with Gasteiger partial charge < -0.3 is 14.6 Å².